The molecule has 0 fully saturated rings. The molecule has 7 nitrogen and oxygen atoms in total. The molecule has 1 aromatic heterocycles. The summed E-state index contributed by atoms with van der Waals surface area (Å²) in [7, 11) is 0. The van der Waals surface area contributed by atoms with E-state index < -0.39 is 17.6 Å². The summed E-state index contributed by atoms with van der Waals surface area (Å²) in [6.07, 6.45) is 4.06. The Morgan fingerprint density at radius 3 is 2.62 bits per heavy atom. The first-order valence-electron chi connectivity index (χ1n) is 10.2. The Morgan fingerprint density at radius 2 is 1.90 bits per heavy atom. The second kappa shape index (κ2) is 8.35. The second-order valence-electron chi connectivity index (χ2n) is 8.67. The molecule has 2 heterocycles. The first-order chi connectivity index (χ1) is 13.7. The van der Waals surface area contributed by atoms with E-state index >= 15 is 0 Å². The number of benzene rings is 1. The maximum atomic E-state index is 12.9. The van der Waals surface area contributed by atoms with Gasteiger partial charge in [0.05, 0.1) is 16.5 Å². The molecule has 0 spiro atoms. The van der Waals surface area contributed by atoms with Crippen molar-refractivity contribution in [1.82, 2.24) is 14.9 Å². The zero-order valence-corrected chi connectivity index (χ0v) is 17.6. The van der Waals surface area contributed by atoms with Gasteiger partial charge >= 0.3 is 5.97 Å². The fraction of sp³-hybridized carbons (Fsp3) is 0.545. The number of carbonyl (C=O) groups is 2. The van der Waals surface area contributed by atoms with Crippen LogP contribution >= 0.6 is 0 Å². The Balaban J connectivity index is 1.85. The molecular formula is C22H29N3O4. The normalized spacial score (nSPS) is 15.7. The van der Waals surface area contributed by atoms with E-state index in [1.165, 1.54) is 6.92 Å². The Kier molecular flexibility index (Phi) is 6.05. The number of nitrogens with zero attached hydrogens (tertiary/aromatic N) is 2. The lowest BCUT2D eigenvalue weighted by molar-refractivity contribution is -0.130. The largest absolute Gasteiger partial charge is 0.449 e. The van der Waals surface area contributed by atoms with Crippen molar-refractivity contribution < 1.29 is 14.3 Å². The van der Waals surface area contributed by atoms with Gasteiger partial charge in [0, 0.05) is 18.5 Å². The molecule has 1 amide bonds. The summed E-state index contributed by atoms with van der Waals surface area (Å²) in [5.74, 6) is -0.202. The number of amides is 1. The number of hydrogen-bond donors (Lipinski definition) is 1. The second-order valence-corrected chi connectivity index (χ2v) is 8.67. The van der Waals surface area contributed by atoms with Crippen molar-refractivity contribution in [2.45, 2.75) is 78.0 Å². The highest BCUT2D eigenvalue weighted by atomic mass is 16.5. The molecule has 0 radical (unpaired) electrons. The van der Waals surface area contributed by atoms with Crippen molar-refractivity contribution in [1.29, 1.82) is 0 Å². The predicted octanol–water partition coefficient (Wildman–Crippen LogP) is 2.97. The van der Waals surface area contributed by atoms with Gasteiger partial charge in [-0.15, -0.1) is 0 Å². The quantitative estimate of drug-likeness (QED) is 0.802. The number of esters is 1. The van der Waals surface area contributed by atoms with E-state index in [9.17, 15) is 14.4 Å². The number of aryl methyl sites for hydroxylation is 1. The van der Waals surface area contributed by atoms with Crippen LogP contribution in [0, 0.1) is 0 Å². The third-order valence-corrected chi connectivity index (χ3v) is 4.95. The lowest BCUT2D eigenvalue weighted by Crippen LogP contribution is -2.46. The Labute approximate surface area is 170 Å². The molecular weight excluding hydrogens is 370 g/mol. The van der Waals surface area contributed by atoms with Crippen molar-refractivity contribution in [3.05, 3.63) is 39.9 Å². The molecule has 0 saturated carbocycles. The molecule has 0 aliphatic carbocycles. The smallest absolute Gasteiger partial charge is 0.338 e. The van der Waals surface area contributed by atoms with E-state index in [4.69, 9.17) is 4.74 Å². The number of aromatic nitrogens is 2. The number of nitrogens with one attached hydrogen (secondary N) is 1. The minimum atomic E-state index is -0.924. The van der Waals surface area contributed by atoms with E-state index in [0.717, 1.165) is 37.9 Å². The molecule has 0 bridgehead atoms. The maximum absolute atomic E-state index is 12.9. The maximum Gasteiger partial charge on any atom is 0.338 e. The van der Waals surface area contributed by atoms with Crippen molar-refractivity contribution in [2.75, 3.05) is 0 Å². The summed E-state index contributed by atoms with van der Waals surface area (Å²) in [4.78, 5) is 42.2. The number of carbonyl (C=O) groups excluding carboxylic acids is 2. The van der Waals surface area contributed by atoms with Gasteiger partial charge in [-0.25, -0.2) is 9.78 Å². The standard InChI is InChI=1S/C22H29N3O4/c1-14(19(26)24-22(2,3)4)29-21(28)15-10-11-16-17(13-15)23-18-9-7-5-6-8-12-25(18)20(16)27/h10-11,13-14H,5-9,12H2,1-4H3,(H,24,26). The fourth-order valence-corrected chi connectivity index (χ4v) is 3.48. The lowest BCUT2D eigenvalue weighted by Gasteiger charge is -2.23. The third kappa shape index (κ3) is 5.02. The molecule has 7 heteroatoms. The zero-order valence-electron chi connectivity index (χ0n) is 17.6. The minimum Gasteiger partial charge on any atom is -0.449 e. The number of ether oxygens (including phenoxy) is 1. The molecule has 1 unspecified atom stereocenters. The van der Waals surface area contributed by atoms with Gasteiger partial charge in [-0.1, -0.05) is 12.8 Å². The Hall–Kier alpha value is -2.70. The third-order valence-electron chi connectivity index (χ3n) is 4.95. The van der Waals surface area contributed by atoms with Gasteiger partial charge in [-0.05, 0) is 58.7 Å². The molecule has 0 saturated heterocycles. The van der Waals surface area contributed by atoms with Crippen LogP contribution in [-0.4, -0.2) is 33.1 Å². The van der Waals surface area contributed by atoms with Crippen LogP contribution in [0.1, 0.15) is 69.6 Å². The molecule has 3 rings (SSSR count). The van der Waals surface area contributed by atoms with E-state index in [0.29, 0.717) is 17.4 Å². The summed E-state index contributed by atoms with van der Waals surface area (Å²) in [5.41, 5.74) is 0.284. The van der Waals surface area contributed by atoms with E-state index in [1.807, 2.05) is 20.8 Å². The fourth-order valence-electron chi connectivity index (χ4n) is 3.48. The number of rotatable bonds is 3. The van der Waals surface area contributed by atoms with Crippen molar-refractivity contribution in [2.24, 2.45) is 0 Å². The average molecular weight is 399 g/mol. The molecule has 1 atom stereocenters. The lowest BCUT2D eigenvalue weighted by atomic mass is 10.1. The highest BCUT2D eigenvalue weighted by molar-refractivity contribution is 5.95. The van der Waals surface area contributed by atoms with Crippen LogP contribution in [0.15, 0.2) is 23.0 Å². The van der Waals surface area contributed by atoms with Crippen molar-refractivity contribution in [3.8, 4) is 0 Å². The zero-order chi connectivity index (χ0) is 21.2. The van der Waals surface area contributed by atoms with Crippen LogP contribution in [-0.2, 0) is 22.5 Å². The first kappa shape index (κ1) is 21.0. The number of hydrogen-bond acceptors (Lipinski definition) is 5. The van der Waals surface area contributed by atoms with Gasteiger partial charge in [-0.3, -0.25) is 14.2 Å². The SMILES string of the molecule is CC(OC(=O)c1ccc2c(=O)n3c(nc2c1)CCCCCC3)C(=O)NC(C)(C)C. The monoisotopic (exact) mass is 399 g/mol. The summed E-state index contributed by atoms with van der Waals surface area (Å²) in [6.45, 7) is 7.79. The Bertz CT molecular complexity index is 988. The molecule has 1 aromatic carbocycles. The highest BCUT2D eigenvalue weighted by Crippen LogP contribution is 2.17. The van der Waals surface area contributed by atoms with Gasteiger partial charge in [0.15, 0.2) is 6.10 Å². The van der Waals surface area contributed by atoms with Gasteiger partial charge in [0.25, 0.3) is 11.5 Å². The van der Waals surface area contributed by atoms with Gasteiger partial charge in [0.1, 0.15) is 5.82 Å². The molecule has 1 aliphatic heterocycles. The summed E-state index contributed by atoms with van der Waals surface area (Å²) in [5, 5.41) is 3.28. The van der Waals surface area contributed by atoms with Crippen LogP contribution in [0.2, 0.25) is 0 Å². The van der Waals surface area contributed by atoms with Crippen molar-refractivity contribution in [3.63, 3.8) is 0 Å². The van der Waals surface area contributed by atoms with Gasteiger partial charge in [-0.2, -0.15) is 0 Å². The van der Waals surface area contributed by atoms with E-state index in [2.05, 4.69) is 10.3 Å². The predicted molar refractivity (Wildman–Crippen MR) is 111 cm³/mol. The minimum absolute atomic E-state index is 0.0651. The molecule has 1 N–H and O–H groups in total. The van der Waals surface area contributed by atoms with Crippen LogP contribution in [0.4, 0.5) is 0 Å². The van der Waals surface area contributed by atoms with Crippen LogP contribution in [0.25, 0.3) is 10.9 Å². The number of fused-ring (bicyclic) bond motifs is 2. The Morgan fingerprint density at radius 1 is 1.17 bits per heavy atom. The summed E-state index contributed by atoms with van der Waals surface area (Å²) >= 11 is 0. The summed E-state index contributed by atoms with van der Waals surface area (Å²) < 4.78 is 7.07. The molecule has 156 valence electrons. The van der Waals surface area contributed by atoms with E-state index in [1.54, 1.807) is 22.8 Å². The highest BCUT2D eigenvalue weighted by Gasteiger charge is 2.23. The molecule has 2 aromatic rings. The average Bonchev–Trinajstić information content (AvgIpc) is 2.61. The van der Waals surface area contributed by atoms with Crippen LogP contribution in [0.5, 0.6) is 0 Å². The van der Waals surface area contributed by atoms with Crippen LogP contribution < -0.4 is 10.9 Å². The molecule has 1 aliphatic rings. The first-order valence-corrected chi connectivity index (χ1v) is 10.2. The topological polar surface area (TPSA) is 90.3 Å². The molecule has 29 heavy (non-hydrogen) atoms. The van der Waals surface area contributed by atoms with Crippen LogP contribution in [0.3, 0.4) is 0 Å². The summed E-state index contributed by atoms with van der Waals surface area (Å²) in [6, 6.07) is 4.75. The van der Waals surface area contributed by atoms with E-state index in [-0.39, 0.29) is 17.0 Å². The van der Waals surface area contributed by atoms with Crippen molar-refractivity contribution >= 4 is 22.8 Å². The van der Waals surface area contributed by atoms with Gasteiger partial charge < -0.3 is 10.1 Å². The van der Waals surface area contributed by atoms with Gasteiger partial charge in [0.2, 0.25) is 0 Å².